The topological polar surface area (TPSA) is 41.6 Å². The number of fused-ring (bicyclic) bond motifs is 1. The number of anilines is 2. The van der Waals surface area contributed by atoms with E-state index in [4.69, 9.17) is 4.74 Å². The smallest absolute Gasteiger partial charge is 0.265 e. The lowest BCUT2D eigenvalue weighted by Crippen LogP contribution is -2.37. The van der Waals surface area contributed by atoms with Gasteiger partial charge >= 0.3 is 0 Å². The number of alkyl halides is 1. The SMILES string of the molecule is CNc1ccc2c(c1)N(CBr)C(=O)CO2. The Bertz CT molecular complexity index is 395. The second-order valence-electron chi connectivity index (χ2n) is 3.16. The summed E-state index contributed by atoms with van der Waals surface area (Å²) >= 11 is 3.30. The Labute approximate surface area is 96.3 Å². The van der Waals surface area contributed by atoms with E-state index in [0.29, 0.717) is 5.45 Å². The number of rotatable bonds is 2. The second-order valence-corrected chi connectivity index (χ2v) is 3.66. The lowest BCUT2D eigenvalue weighted by atomic mass is 10.2. The molecular weight excluding hydrogens is 260 g/mol. The molecule has 0 saturated carbocycles. The number of nitrogens with zero attached hydrogens (tertiary/aromatic N) is 1. The lowest BCUT2D eigenvalue weighted by Gasteiger charge is -2.28. The summed E-state index contributed by atoms with van der Waals surface area (Å²) in [5.41, 5.74) is 2.24. The summed E-state index contributed by atoms with van der Waals surface area (Å²) < 4.78 is 5.33. The Morgan fingerprint density at radius 2 is 2.40 bits per heavy atom. The van der Waals surface area contributed by atoms with Gasteiger partial charge in [0.15, 0.2) is 6.61 Å². The highest BCUT2D eigenvalue weighted by atomic mass is 79.9. The molecule has 1 amide bonds. The van der Waals surface area contributed by atoms with Gasteiger partial charge in [0, 0.05) is 12.7 Å². The van der Waals surface area contributed by atoms with Gasteiger partial charge in [0.2, 0.25) is 0 Å². The summed E-state index contributed by atoms with van der Waals surface area (Å²) in [7, 11) is 1.84. The number of nitrogens with one attached hydrogen (secondary N) is 1. The Hall–Kier alpha value is -1.23. The predicted octanol–water partition coefficient (Wildman–Crippen LogP) is 1.81. The van der Waals surface area contributed by atoms with Gasteiger partial charge in [0.05, 0.1) is 11.1 Å². The summed E-state index contributed by atoms with van der Waals surface area (Å²) in [6.07, 6.45) is 0. The Morgan fingerprint density at radius 1 is 1.60 bits per heavy atom. The number of carbonyl (C=O) groups excluding carboxylic acids is 1. The molecule has 0 saturated heterocycles. The van der Waals surface area contributed by atoms with Gasteiger partial charge in [-0.2, -0.15) is 0 Å². The van der Waals surface area contributed by atoms with Crippen molar-refractivity contribution < 1.29 is 9.53 Å². The van der Waals surface area contributed by atoms with Gasteiger partial charge in [-0.3, -0.25) is 9.69 Å². The minimum Gasteiger partial charge on any atom is -0.482 e. The molecule has 0 spiro atoms. The van der Waals surface area contributed by atoms with Crippen molar-refractivity contribution in [3.63, 3.8) is 0 Å². The van der Waals surface area contributed by atoms with Gasteiger partial charge in [-0.05, 0) is 18.2 Å². The van der Waals surface area contributed by atoms with Crippen LogP contribution in [-0.4, -0.2) is 25.0 Å². The Morgan fingerprint density at radius 3 is 3.07 bits per heavy atom. The molecule has 5 heteroatoms. The van der Waals surface area contributed by atoms with Crippen molar-refractivity contribution in [2.75, 3.05) is 29.3 Å². The molecule has 1 aromatic rings. The summed E-state index contributed by atoms with van der Waals surface area (Å²) in [5, 5.41) is 3.03. The standard InChI is InChI=1S/C10H11BrN2O2/c1-12-7-2-3-9-8(4-7)13(6-11)10(14)5-15-9/h2-4,12H,5-6H2,1H3. The first kappa shape index (κ1) is 10.3. The van der Waals surface area contributed by atoms with Crippen LogP contribution in [0.25, 0.3) is 0 Å². The number of hydrogen-bond donors (Lipinski definition) is 1. The molecule has 1 aliphatic rings. The van der Waals surface area contributed by atoms with Crippen LogP contribution < -0.4 is 15.0 Å². The molecular formula is C10H11BrN2O2. The third-order valence-electron chi connectivity index (χ3n) is 2.31. The lowest BCUT2D eigenvalue weighted by molar-refractivity contribution is -0.121. The molecule has 15 heavy (non-hydrogen) atoms. The fourth-order valence-electron chi connectivity index (χ4n) is 1.49. The van der Waals surface area contributed by atoms with Crippen molar-refractivity contribution in [3.8, 4) is 5.75 Å². The summed E-state index contributed by atoms with van der Waals surface area (Å²) in [6.45, 7) is 0.109. The number of carbonyl (C=O) groups is 1. The summed E-state index contributed by atoms with van der Waals surface area (Å²) in [6, 6.07) is 5.68. The highest BCUT2D eigenvalue weighted by Crippen LogP contribution is 2.34. The normalized spacial score (nSPS) is 14.5. The Balaban J connectivity index is 2.45. The minimum absolute atomic E-state index is 0.0346. The zero-order valence-electron chi connectivity index (χ0n) is 8.29. The van der Waals surface area contributed by atoms with Crippen LogP contribution in [0.4, 0.5) is 11.4 Å². The van der Waals surface area contributed by atoms with Crippen LogP contribution in [0.5, 0.6) is 5.75 Å². The molecule has 4 nitrogen and oxygen atoms in total. The van der Waals surface area contributed by atoms with Gasteiger partial charge < -0.3 is 10.1 Å². The van der Waals surface area contributed by atoms with Crippen LogP contribution >= 0.6 is 15.9 Å². The van der Waals surface area contributed by atoms with Crippen LogP contribution in [0.3, 0.4) is 0 Å². The molecule has 2 rings (SSSR count). The maximum absolute atomic E-state index is 11.5. The summed E-state index contributed by atoms with van der Waals surface area (Å²) in [5.74, 6) is 0.709. The fraction of sp³-hybridized carbons (Fsp3) is 0.300. The first-order valence-electron chi connectivity index (χ1n) is 4.57. The van der Waals surface area contributed by atoms with Crippen molar-refractivity contribution in [3.05, 3.63) is 18.2 Å². The molecule has 1 N–H and O–H groups in total. The van der Waals surface area contributed by atoms with Gasteiger partial charge in [0.1, 0.15) is 5.75 Å². The van der Waals surface area contributed by atoms with Crippen LogP contribution in [0, 0.1) is 0 Å². The molecule has 80 valence electrons. The minimum atomic E-state index is -0.0346. The van der Waals surface area contributed by atoms with Crippen molar-refractivity contribution in [2.45, 2.75) is 0 Å². The largest absolute Gasteiger partial charge is 0.482 e. The van der Waals surface area contributed by atoms with Gasteiger partial charge in [0.25, 0.3) is 5.91 Å². The highest BCUT2D eigenvalue weighted by Gasteiger charge is 2.24. The highest BCUT2D eigenvalue weighted by molar-refractivity contribution is 9.09. The average Bonchev–Trinajstić information content (AvgIpc) is 2.28. The summed E-state index contributed by atoms with van der Waals surface area (Å²) in [4.78, 5) is 13.2. The second kappa shape index (κ2) is 4.10. The molecule has 1 heterocycles. The van der Waals surface area contributed by atoms with Crippen molar-refractivity contribution >= 4 is 33.2 Å². The number of hydrogen-bond acceptors (Lipinski definition) is 3. The molecule has 0 bridgehead atoms. The average molecular weight is 271 g/mol. The zero-order chi connectivity index (χ0) is 10.8. The Kier molecular flexibility index (Phi) is 2.81. The van der Waals surface area contributed by atoms with Gasteiger partial charge in [-0.25, -0.2) is 0 Å². The van der Waals surface area contributed by atoms with Crippen LogP contribution in [0.15, 0.2) is 18.2 Å². The first-order valence-corrected chi connectivity index (χ1v) is 5.69. The molecule has 0 atom stereocenters. The maximum atomic E-state index is 11.5. The fourth-order valence-corrected chi connectivity index (χ4v) is 2.04. The van der Waals surface area contributed by atoms with Crippen molar-refractivity contribution in [1.29, 1.82) is 0 Å². The molecule has 1 aliphatic heterocycles. The number of halogens is 1. The van der Waals surface area contributed by atoms with Crippen LogP contribution in [0.2, 0.25) is 0 Å². The van der Waals surface area contributed by atoms with E-state index < -0.39 is 0 Å². The third-order valence-corrected chi connectivity index (χ3v) is 2.81. The molecule has 0 aliphatic carbocycles. The number of amides is 1. The monoisotopic (exact) mass is 270 g/mol. The van der Waals surface area contributed by atoms with Crippen molar-refractivity contribution in [2.24, 2.45) is 0 Å². The molecule has 0 unspecified atom stereocenters. The van der Waals surface area contributed by atoms with Crippen molar-refractivity contribution in [1.82, 2.24) is 0 Å². The van der Waals surface area contributed by atoms with E-state index in [0.717, 1.165) is 17.1 Å². The maximum Gasteiger partial charge on any atom is 0.265 e. The molecule has 0 radical (unpaired) electrons. The van der Waals surface area contributed by atoms with Gasteiger partial charge in [-0.1, -0.05) is 15.9 Å². The van der Waals surface area contributed by atoms with Crippen LogP contribution in [-0.2, 0) is 4.79 Å². The molecule has 0 aromatic heterocycles. The predicted molar refractivity (Wildman–Crippen MR) is 62.8 cm³/mol. The first-order chi connectivity index (χ1) is 7.26. The van der Waals surface area contributed by atoms with E-state index in [1.807, 2.05) is 25.2 Å². The molecule has 1 aromatic carbocycles. The third kappa shape index (κ3) is 1.79. The van der Waals surface area contributed by atoms with E-state index in [2.05, 4.69) is 21.2 Å². The van der Waals surface area contributed by atoms with Gasteiger partial charge in [-0.15, -0.1) is 0 Å². The molecule has 0 fully saturated rings. The van der Waals surface area contributed by atoms with E-state index in [1.165, 1.54) is 0 Å². The van der Waals surface area contributed by atoms with E-state index in [-0.39, 0.29) is 12.5 Å². The number of ether oxygens (including phenoxy) is 1. The van der Waals surface area contributed by atoms with Crippen LogP contribution in [0.1, 0.15) is 0 Å². The van der Waals surface area contributed by atoms with E-state index in [9.17, 15) is 4.79 Å². The zero-order valence-corrected chi connectivity index (χ0v) is 9.87. The number of benzene rings is 1. The van der Waals surface area contributed by atoms with E-state index in [1.54, 1.807) is 4.90 Å². The quantitative estimate of drug-likeness (QED) is 0.658. The van der Waals surface area contributed by atoms with E-state index >= 15 is 0 Å².